The Morgan fingerprint density at radius 3 is 2.41 bits per heavy atom. The van der Waals surface area contributed by atoms with E-state index in [0.717, 1.165) is 24.1 Å². The maximum absolute atomic E-state index is 13.1. The van der Waals surface area contributed by atoms with E-state index < -0.39 is 23.5 Å². The zero-order chi connectivity index (χ0) is 25.0. The molecule has 0 aromatic carbocycles. The maximum atomic E-state index is 13.1. The van der Waals surface area contributed by atoms with Crippen molar-refractivity contribution in [2.45, 2.75) is 66.0 Å². The molecular formula is C25H33N5O4. The monoisotopic (exact) mass is 467 g/mol. The molecule has 0 bridgehead atoms. The first-order valence-corrected chi connectivity index (χ1v) is 11.4. The molecule has 0 unspecified atom stereocenters. The molecule has 1 aliphatic rings. The molecule has 9 nitrogen and oxygen atoms in total. The van der Waals surface area contributed by atoms with E-state index in [1.165, 1.54) is 6.20 Å². The van der Waals surface area contributed by atoms with Crippen molar-refractivity contribution in [1.82, 2.24) is 14.9 Å². The molecule has 1 fully saturated rings. The van der Waals surface area contributed by atoms with Crippen LogP contribution in [0.15, 0.2) is 30.6 Å². The van der Waals surface area contributed by atoms with E-state index in [2.05, 4.69) is 27.5 Å². The highest BCUT2D eigenvalue weighted by molar-refractivity contribution is 6.39. The van der Waals surface area contributed by atoms with E-state index in [1.54, 1.807) is 44.9 Å². The van der Waals surface area contributed by atoms with Gasteiger partial charge in [0.25, 0.3) is 0 Å². The van der Waals surface area contributed by atoms with Crippen LogP contribution in [0.1, 0.15) is 63.4 Å². The summed E-state index contributed by atoms with van der Waals surface area (Å²) < 4.78 is 5.24. The Morgan fingerprint density at radius 1 is 1.06 bits per heavy atom. The third-order valence-electron chi connectivity index (χ3n) is 5.55. The van der Waals surface area contributed by atoms with Gasteiger partial charge in [0.1, 0.15) is 11.4 Å². The summed E-state index contributed by atoms with van der Waals surface area (Å²) >= 11 is 0. The summed E-state index contributed by atoms with van der Waals surface area (Å²) in [6.07, 6.45) is 4.30. The first-order chi connectivity index (χ1) is 15.9. The Kier molecular flexibility index (Phi) is 7.54. The average molecular weight is 468 g/mol. The van der Waals surface area contributed by atoms with E-state index in [-0.39, 0.29) is 6.04 Å². The van der Waals surface area contributed by atoms with Crippen LogP contribution in [0.25, 0.3) is 0 Å². The maximum Gasteiger partial charge on any atom is 0.413 e. The normalized spacial score (nSPS) is 18.2. The number of carbonyl (C=O) groups is 3. The van der Waals surface area contributed by atoms with Crippen molar-refractivity contribution in [3.05, 3.63) is 47.4 Å². The van der Waals surface area contributed by atoms with Gasteiger partial charge < -0.3 is 15.0 Å². The molecule has 0 radical (unpaired) electrons. The zero-order valence-corrected chi connectivity index (χ0v) is 20.6. The number of rotatable bonds is 3. The highest BCUT2D eigenvalue weighted by Crippen LogP contribution is 2.33. The van der Waals surface area contributed by atoms with Crippen LogP contribution in [0.3, 0.4) is 0 Å². The number of nitrogens with zero attached hydrogens (tertiary/aromatic N) is 3. The number of piperidine rings is 1. The summed E-state index contributed by atoms with van der Waals surface area (Å²) in [5.74, 6) is -0.706. The predicted octanol–water partition coefficient (Wildman–Crippen LogP) is 4.38. The van der Waals surface area contributed by atoms with Gasteiger partial charge in [0.05, 0.1) is 17.9 Å². The molecule has 0 saturated carbocycles. The van der Waals surface area contributed by atoms with E-state index in [9.17, 15) is 14.4 Å². The summed E-state index contributed by atoms with van der Waals surface area (Å²) in [7, 11) is 0. The summed E-state index contributed by atoms with van der Waals surface area (Å²) in [6.45, 7) is 11.5. The lowest BCUT2D eigenvalue weighted by Crippen LogP contribution is -2.46. The number of aromatic nitrogens is 2. The molecule has 9 heteroatoms. The van der Waals surface area contributed by atoms with Gasteiger partial charge in [-0.3, -0.25) is 19.9 Å². The van der Waals surface area contributed by atoms with Crippen LogP contribution >= 0.6 is 0 Å². The van der Waals surface area contributed by atoms with Crippen LogP contribution in [0, 0.1) is 19.8 Å². The number of aryl methyl sites for hydroxylation is 2. The lowest BCUT2D eigenvalue weighted by molar-refractivity contribution is -0.146. The fraction of sp³-hybridized carbons (Fsp3) is 0.480. The van der Waals surface area contributed by atoms with Gasteiger partial charge in [-0.05, 0) is 76.6 Å². The van der Waals surface area contributed by atoms with Crippen LogP contribution in [-0.4, -0.2) is 44.9 Å². The topological polar surface area (TPSA) is 114 Å². The molecule has 1 saturated heterocycles. The largest absolute Gasteiger partial charge is 0.444 e. The van der Waals surface area contributed by atoms with Crippen LogP contribution in [0.2, 0.25) is 0 Å². The van der Waals surface area contributed by atoms with E-state index in [0.29, 0.717) is 29.5 Å². The average Bonchev–Trinajstić information content (AvgIpc) is 2.74. The third-order valence-corrected chi connectivity index (χ3v) is 5.55. The lowest BCUT2D eigenvalue weighted by Gasteiger charge is -2.38. The molecule has 2 aromatic rings. The van der Waals surface area contributed by atoms with Crippen molar-refractivity contribution >= 4 is 29.4 Å². The Hall–Kier alpha value is -3.49. The smallest absolute Gasteiger partial charge is 0.413 e. The van der Waals surface area contributed by atoms with E-state index in [1.807, 2.05) is 19.1 Å². The minimum Gasteiger partial charge on any atom is -0.444 e. The number of pyridine rings is 2. The first kappa shape index (κ1) is 25.1. The number of carbonyl (C=O) groups excluding carboxylic acids is 3. The van der Waals surface area contributed by atoms with Crippen LogP contribution in [-0.2, 0) is 14.3 Å². The van der Waals surface area contributed by atoms with Crippen molar-refractivity contribution in [2.24, 2.45) is 5.92 Å². The second-order valence-corrected chi connectivity index (χ2v) is 9.86. The summed E-state index contributed by atoms with van der Waals surface area (Å²) in [4.78, 5) is 48.2. The molecule has 3 rings (SSSR count). The minimum atomic E-state index is -0.728. The van der Waals surface area contributed by atoms with Gasteiger partial charge >= 0.3 is 17.9 Å². The zero-order valence-electron chi connectivity index (χ0n) is 20.6. The highest BCUT2D eigenvalue weighted by atomic mass is 16.6. The molecule has 182 valence electrons. The Balaban J connectivity index is 1.70. The van der Waals surface area contributed by atoms with Gasteiger partial charge in [-0.1, -0.05) is 13.0 Å². The molecule has 3 heterocycles. The van der Waals surface area contributed by atoms with Crippen molar-refractivity contribution < 1.29 is 19.1 Å². The summed E-state index contributed by atoms with van der Waals surface area (Å²) in [5.41, 5.74) is 2.17. The standard InChI is InChI=1S/C25H33N5O4/c1-15-7-10-20(18-9-8-17(3)26-12-18)30(14-15)23(32)22(31)28-19-11-16(2)21(27-13-19)29-24(33)34-25(4,5)6/h8-9,11-13,15,20H,7,10,14H2,1-6H3,(H,28,31)(H,27,29,33)/t15-,20+/m0/s1. The molecule has 34 heavy (non-hydrogen) atoms. The molecule has 3 amide bonds. The van der Waals surface area contributed by atoms with Gasteiger partial charge in [-0.25, -0.2) is 9.78 Å². The van der Waals surface area contributed by atoms with Gasteiger partial charge in [0.2, 0.25) is 0 Å². The quantitative estimate of drug-likeness (QED) is 0.648. The number of ether oxygens (including phenoxy) is 1. The molecule has 2 atom stereocenters. The van der Waals surface area contributed by atoms with Gasteiger partial charge in [0, 0.05) is 18.4 Å². The second-order valence-electron chi connectivity index (χ2n) is 9.86. The lowest BCUT2D eigenvalue weighted by atomic mass is 9.90. The van der Waals surface area contributed by atoms with Gasteiger partial charge in [-0.15, -0.1) is 0 Å². The predicted molar refractivity (Wildman–Crippen MR) is 129 cm³/mol. The third kappa shape index (κ3) is 6.52. The van der Waals surface area contributed by atoms with Crippen molar-refractivity contribution in [1.29, 1.82) is 0 Å². The molecule has 2 N–H and O–H groups in total. The number of likely N-dealkylation sites (tertiary alicyclic amines) is 1. The number of anilines is 2. The van der Waals surface area contributed by atoms with Gasteiger partial charge in [0.15, 0.2) is 0 Å². The SMILES string of the molecule is Cc1ccc([C@H]2CC[C@H](C)CN2C(=O)C(=O)Nc2cnc(NC(=O)OC(C)(C)C)c(C)c2)cn1. The molecule has 1 aliphatic heterocycles. The van der Waals surface area contributed by atoms with E-state index >= 15 is 0 Å². The highest BCUT2D eigenvalue weighted by Gasteiger charge is 2.34. The minimum absolute atomic E-state index is 0.192. The van der Waals surface area contributed by atoms with Crippen LogP contribution in [0.5, 0.6) is 0 Å². The van der Waals surface area contributed by atoms with Gasteiger partial charge in [-0.2, -0.15) is 0 Å². The Labute approximate surface area is 200 Å². The summed E-state index contributed by atoms with van der Waals surface area (Å²) in [5, 5.41) is 5.23. The van der Waals surface area contributed by atoms with Crippen molar-refractivity contribution in [3.63, 3.8) is 0 Å². The first-order valence-electron chi connectivity index (χ1n) is 11.4. The van der Waals surface area contributed by atoms with Crippen molar-refractivity contribution in [3.8, 4) is 0 Å². The number of hydrogen-bond donors (Lipinski definition) is 2. The van der Waals surface area contributed by atoms with Crippen molar-refractivity contribution in [2.75, 3.05) is 17.2 Å². The van der Waals surface area contributed by atoms with Crippen LogP contribution in [0.4, 0.5) is 16.3 Å². The molecule has 2 aromatic heterocycles. The fourth-order valence-electron chi connectivity index (χ4n) is 3.89. The molecule has 0 aliphatic carbocycles. The number of hydrogen-bond acceptors (Lipinski definition) is 6. The fourth-order valence-corrected chi connectivity index (χ4v) is 3.89. The molecular weight excluding hydrogens is 434 g/mol. The second kappa shape index (κ2) is 10.2. The number of amides is 3. The molecule has 0 spiro atoms. The van der Waals surface area contributed by atoms with E-state index in [4.69, 9.17) is 4.74 Å². The summed E-state index contributed by atoms with van der Waals surface area (Å²) in [6, 6.07) is 5.33. The van der Waals surface area contributed by atoms with Crippen LogP contribution < -0.4 is 10.6 Å². The number of nitrogens with one attached hydrogen (secondary N) is 2. The Morgan fingerprint density at radius 2 is 1.79 bits per heavy atom. The Bertz CT molecular complexity index is 1060.